The predicted molar refractivity (Wildman–Crippen MR) is 75.3 cm³/mol. The van der Waals surface area contributed by atoms with E-state index in [4.69, 9.17) is 0 Å². The molecule has 0 heterocycles. The molecule has 0 unspecified atom stereocenters. The van der Waals surface area contributed by atoms with E-state index in [1.807, 2.05) is 12.1 Å². The van der Waals surface area contributed by atoms with Crippen LogP contribution >= 0.6 is 0 Å². The van der Waals surface area contributed by atoms with Gasteiger partial charge in [0.1, 0.15) is 0 Å². The molecule has 3 heteroatoms. The molecule has 1 saturated carbocycles. The highest BCUT2D eigenvalue weighted by Gasteiger charge is 2.19. The zero-order chi connectivity index (χ0) is 13.8. The van der Waals surface area contributed by atoms with Gasteiger partial charge in [-0.25, -0.2) is 0 Å². The summed E-state index contributed by atoms with van der Waals surface area (Å²) < 4.78 is 0. The van der Waals surface area contributed by atoms with Crippen molar-refractivity contribution in [2.45, 2.75) is 38.0 Å². The number of Topliss-reactive ketones (excluding diaryl/α,β-unsaturated/α-hetero) is 1. The van der Waals surface area contributed by atoms with Crippen LogP contribution in [0.25, 0.3) is 0 Å². The fraction of sp³-hybridized carbons (Fsp3) is 0.500. The second kappa shape index (κ2) is 6.00. The van der Waals surface area contributed by atoms with Crippen molar-refractivity contribution in [1.82, 2.24) is 4.90 Å². The van der Waals surface area contributed by atoms with Crippen molar-refractivity contribution < 1.29 is 9.59 Å². The standard InChI is InChI=1S/C16H21NO2/c1-17(2)16(19)15(18)14-10-8-13(9-11-14)12-6-4-3-5-7-12/h8-12H,3-7H2,1-2H3. The number of hydrogen-bond donors (Lipinski definition) is 0. The summed E-state index contributed by atoms with van der Waals surface area (Å²) in [6, 6.07) is 7.58. The minimum Gasteiger partial charge on any atom is -0.342 e. The van der Waals surface area contributed by atoms with Crippen molar-refractivity contribution in [3.05, 3.63) is 35.4 Å². The molecule has 1 amide bonds. The number of amides is 1. The Morgan fingerprint density at radius 3 is 2.11 bits per heavy atom. The first kappa shape index (κ1) is 13.8. The first-order valence-corrected chi connectivity index (χ1v) is 6.95. The van der Waals surface area contributed by atoms with Crippen molar-refractivity contribution in [2.24, 2.45) is 0 Å². The number of hydrogen-bond acceptors (Lipinski definition) is 2. The third-order valence-corrected chi connectivity index (χ3v) is 3.85. The Kier molecular flexibility index (Phi) is 4.35. The van der Waals surface area contributed by atoms with E-state index in [-0.39, 0.29) is 0 Å². The number of carbonyl (C=O) groups is 2. The van der Waals surface area contributed by atoms with Crippen LogP contribution in [0.3, 0.4) is 0 Å². The molecule has 1 fully saturated rings. The van der Waals surface area contributed by atoms with E-state index in [0.29, 0.717) is 11.5 Å². The zero-order valence-electron chi connectivity index (χ0n) is 11.7. The van der Waals surface area contributed by atoms with Crippen LogP contribution in [0.1, 0.15) is 53.9 Å². The minimum atomic E-state index is -0.467. The van der Waals surface area contributed by atoms with E-state index in [9.17, 15) is 9.59 Å². The molecule has 0 aliphatic heterocycles. The summed E-state index contributed by atoms with van der Waals surface area (Å²) in [5, 5.41) is 0. The third-order valence-electron chi connectivity index (χ3n) is 3.85. The first-order chi connectivity index (χ1) is 9.09. The van der Waals surface area contributed by atoms with Gasteiger partial charge in [-0.15, -0.1) is 0 Å². The van der Waals surface area contributed by atoms with Crippen LogP contribution in [-0.4, -0.2) is 30.7 Å². The number of nitrogens with zero attached hydrogens (tertiary/aromatic N) is 1. The van der Waals surface area contributed by atoms with Crippen molar-refractivity contribution in [3.8, 4) is 0 Å². The molecule has 0 atom stereocenters. The van der Waals surface area contributed by atoms with Gasteiger partial charge in [-0.2, -0.15) is 0 Å². The summed E-state index contributed by atoms with van der Waals surface area (Å²) >= 11 is 0. The summed E-state index contributed by atoms with van der Waals surface area (Å²) in [5.41, 5.74) is 1.78. The van der Waals surface area contributed by atoms with Crippen LogP contribution in [0.4, 0.5) is 0 Å². The summed E-state index contributed by atoms with van der Waals surface area (Å²) in [5.74, 6) is -0.270. The molecule has 1 aliphatic carbocycles. The molecule has 0 N–H and O–H groups in total. The van der Waals surface area contributed by atoms with Gasteiger partial charge in [0.15, 0.2) is 0 Å². The Bertz CT molecular complexity index is 456. The predicted octanol–water partition coefficient (Wildman–Crippen LogP) is 3.01. The molecule has 0 aromatic heterocycles. The highest BCUT2D eigenvalue weighted by atomic mass is 16.2. The van der Waals surface area contributed by atoms with E-state index in [2.05, 4.69) is 0 Å². The lowest BCUT2D eigenvalue weighted by atomic mass is 9.84. The van der Waals surface area contributed by atoms with Crippen LogP contribution in [-0.2, 0) is 4.79 Å². The second-order valence-electron chi connectivity index (χ2n) is 5.49. The number of ketones is 1. The van der Waals surface area contributed by atoms with Gasteiger partial charge < -0.3 is 4.90 Å². The Morgan fingerprint density at radius 2 is 1.58 bits per heavy atom. The molecule has 1 aromatic rings. The molecule has 0 radical (unpaired) electrons. The zero-order valence-corrected chi connectivity index (χ0v) is 11.7. The van der Waals surface area contributed by atoms with Crippen LogP contribution in [0.2, 0.25) is 0 Å². The van der Waals surface area contributed by atoms with Gasteiger partial charge in [-0.3, -0.25) is 9.59 Å². The van der Waals surface area contributed by atoms with Gasteiger partial charge in [-0.05, 0) is 24.3 Å². The van der Waals surface area contributed by atoms with Gasteiger partial charge in [-0.1, -0.05) is 43.5 Å². The molecular formula is C16H21NO2. The smallest absolute Gasteiger partial charge is 0.294 e. The molecule has 1 aromatic carbocycles. The molecule has 1 aliphatic rings. The average Bonchev–Trinajstić information content (AvgIpc) is 2.46. The van der Waals surface area contributed by atoms with E-state index in [0.717, 1.165) is 0 Å². The van der Waals surface area contributed by atoms with E-state index >= 15 is 0 Å². The third kappa shape index (κ3) is 3.22. The number of rotatable bonds is 3. The van der Waals surface area contributed by atoms with Crippen molar-refractivity contribution in [1.29, 1.82) is 0 Å². The molecular weight excluding hydrogens is 238 g/mol. The van der Waals surface area contributed by atoms with Crippen molar-refractivity contribution >= 4 is 11.7 Å². The Balaban J connectivity index is 2.09. The van der Waals surface area contributed by atoms with E-state index in [1.165, 1.54) is 42.6 Å². The van der Waals surface area contributed by atoms with Gasteiger partial charge >= 0.3 is 0 Å². The normalized spacial score (nSPS) is 16.1. The number of carbonyl (C=O) groups excluding carboxylic acids is 2. The maximum Gasteiger partial charge on any atom is 0.294 e. The summed E-state index contributed by atoms with van der Waals surface area (Å²) in [4.78, 5) is 24.8. The quantitative estimate of drug-likeness (QED) is 0.618. The highest BCUT2D eigenvalue weighted by molar-refractivity contribution is 6.42. The second-order valence-corrected chi connectivity index (χ2v) is 5.49. The SMILES string of the molecule is CN(C)C(=O)C(=O)c1ccc(C2CCCCC2)cc1. The monoisotopic (exact) mass is 259 g/mol. The van der Waals surface area contributed by atoms with E-state index < -0.39 is 11.7 Å². The largest absolute Gasteiger partial charge is 0.342 e. The molecule has 19 heavy (non-hydrogen) atoms. The molecule has 102 valence electrons. The van der Waals surface area contributed by atoms with Gasteiger partial charge in [0.2, 0.25) is 5.78 Å². The van der Waals surface area contributed by atoms with Gasteiger partial charge in [0.25, 0.3) is 5.91 Å². The molecule has 3 nitrogen and oxygen atoms in total. The summed E-state index contributed by atoms with van der Waals surface area (Å²) in [7, 11) is 3.19. The topological polar surface area (TPSA) is 37.4 Å². The van der Waals surface area contributed by atoms with Crippen molar-refractivity contribution in [3.63, 3.8) is 0 Å². The fourth-order valence-electron chi connectivity index (χ4n) is 2.67. The summed E-state index contributed by atoms with van der Waals surface area (Å²) in [6.07, 6.45) is 6.41. The lowest BCUT2D eigenvalue weighted by molar-refractivity contribution is -0.124. The minimum absolute atomic E-state index is 0.430. The van der Waals surface area contributed by atoms with Crippen molar-refractivity contribution in [2.75, 3.05) is 14.1 Å². The van der Waals surface area contributed by atoms with Crippen LogP contribution in [0, 0.1) is 0 Å². The number of benzene rings is 1. The fourth-order valence-corrected chi connectivity index (χ4v) is 2.67. The first-order valence-electron chi connectivity index (χ1n) is 6.95. The Hall–Kier alpha value is -1.64. The lowest BCUT2D eigenvalue weighted by Crippen LogP contribution is -2.29. The van der Waals surface area contributed by atoms with Crippen LogP contribution in [0.15, 0.2) is 24.3 Å². The summed E-state index contributed by atoms with van der Waals surface area (Å²) in [6.45, 7) is 0. The van der Waals surface area contributed by atoms with Crippen LogP contribution < -0.4 is 0 Å². The molecule has 0 bridgehead atoms. The maximum atomic E-state index is 11.9. The van der Waals surface area contributed by atoms with Gasteiger partial charge in [0.05, 0.1) is 0 Å². The Labute approximate surface area is 114 Å². The molecule has 0 saturated heterocycles. The average molecular weight is 259 g/mol. The van der Waals surface area contributed by atoms with E-state index in [1.54, 1.807) is 26.2 Å². The Morgan fingerprint density at radius 1 is 1.00 bits per heavy atom. The van der Waals surface area contributed by atoms with Crippen LogP contribution in [0.5, 0.6) is 0 Å². The maximum absolute atomic E-state index is 11.9. The molecule has 2 rings (SSSR count). The molecule has 0 spiro atoms. The highest BCUT2D eigenvalue weighted by Crippen LogP contribution is 2.32. The van der Waals surface area contributed by atoms with Gasteiger partial charge in [0, 0.05) is 19.7 Å². The number of likely N-dealkylation sites (N-methyl/N-ethyl adjacent to an activating group) is 1. The lowest BCUT2D eigenvalue weighted by Gasteiger charge is -2.22.